The molecule has 2 aliphatic carbocycles. The van der Waals surface area contributed by atoms with Crippen LogP contribution in [-0.2, 0) is 5.41 Å². The van der Waals surface area contributed by atoms with Crippen molar-refractivity contribution in [3.63, 3.8) is 0 Å². The minimum atomic E-state index is 0.513. The van der Waals surface area contributed by atoms with Crippen LogP contribution < -0.4 is 0 Å². The zero-order valence-corrected chi connectivity index (χ0v) is 12.6. The maximum absolute atomic E-state index is 2.79. The molecule has 0 radical (unpaired) electrons. The molecule has 1 heterocycles. The van der Waals surface area contributed by atoms with Gasteiger partial charge in [0.2, 0.25) is 0 Å². The first-order valence-electron chi connectivity index (χ1n) is 8.65. The Balaban J connectivity index is 1.57. The molecule has 0 bridgehead atoms. The Morgan fingerprint density at radius 2 is 1.85 bits per heavy atom. The Morgan fingerprint density at radius 1 is 1.00 bits per heavy atom. The Hall–Kier alpha value is -0.820. The molecule has 108 valence electrons. The quantitative estimate of drug-likeness (QED) is 0.793. The third-order valence-corrected chi connectivity index (χ3v) is 6.12. The van der Waals surface area contributed by atoms with Gasteiger partial charge in [0.1, 0.15) is 0 Å². The van der Waals surface area contributed by atoms with Crippen molar-refractivity contribution in [2.45, 2.75) is 50.4 Å². The lowest BCUT2D eigenvalue weighted by Crippen LogP contribution is -2.51. The lowest BCUT2D eigenvalue weighted by atomic mass is 9.59. The summed E-state index contributed by atoms with van der Waals surface area (Å²) in [6.07, 6.45) is 10.2. The molecule has 1 aromatic rings. The molecule has 0 spiro atoms. The number of likely N-dealkylation sites (tertiary alicyclic amines) is 1. The van der Waals surface area contributed by atoms with Crippen LogP contribution in [-0.4, -0.2) is 24.5 Å². The van der Waals surface area contributed by atoms with Gasteiger partial charge in [-0.3, -0.25) is 0 Å². The second-order valence-electron chi connectivity index (χ2n) is 7.42. The van der Waals surface area contributed by atoms with Gasteiger partial charge in [-0.2, -0.15) is 0 Å². The SMILES string of the molecule is c1ccc([C@@]23CCCC[C@H]2CN(CC2CC2)CC3)cc1. The van der Waals surface area contributed by atoms with E-state index in [0.717, 1.165) is 11.8 Å². The molecule has 1 aliphatic heterocycles. The van der Waals surface area contributed by atoms with Crippen LogP contribution in [0.1, 0.15) is 50.5 Å². The van der Waals surface area contributed by atoms with Gasteiger partial charge in [-0.25, -0.2) is 0 Å². The summed E-state index contributed by atoms with van der Waals surface area (Å²) in [7, 11) is 0. The second kappa shape index (κ2) is 5.18. The van der Waals surface area contributed by atoms with E-state index in [-0.39, 0.29) is 0 Å². The van der Waals surface area contributed by atoms with Crippen molar-refractivity contribution in [3.05, 3.63) is 35.9 Å². The maximum Gasteiger partial charge on any atom is 0.00183 e. The molecule has 0 amide bonds. The van der Waals surface area contributed by atoms with Crippen molar-refractivity contribution >= 4 is 0 Å². The fourth-order valence-electron chi connectivity index (χ4n) is 4.79. The van der Waals surface area contributed by atoms with Crippen LogP contribution in [0, 0.1) is 11.8 Å². The molecule has 2 atom stereocenters. The third kappa shape index (κ3) is 2.30. The highest BCUT2D eigenvalue weighted by Gasteiger charge is 2.45. The summed E-state index contributed by atoms with van der Waals surface area (Å²) in [5, 5.41) is 0. The van der Waals surface area contributed by atoms with Gasteiger partial charge in [-0.05, 0) is 56.0 Å². The highest BCUT2D eigenvalue weighted by Crippen LogP contribution is 2.49. The fourth-order valence-corrected chi connectivity index (χ4v) is 4.79. The minimum absolute atomic E-state index is 0.513. The van der Waals surface area contributed by atoms with E-state index in [4.69, 9.17) is 0 Å². The number of fused-ring (bicyclic) bond motifs is 1. The minimum Gasteiger partial charge on any atom is -0.303 e. The normalized spacial score (nSPS) is 34.7. The fraction of sp³-hybridized carbons (Fsp3) is 0.684. The van der Waals surface area contributed by atoms with Crippen LogP contribution in [0.3, 0.4) is 0 Å². The van der Waals surface area contributed by atoms with E-state index in [2.05, 4.69) is 35.2 Å². The summed E-state index contributed by atoms with van der Waals surface area (Å²) in [4.78, 5) is 2.79. The molecular formula is C19H27N. The number of benzene rings is 1. The van der Waals surface area contributed by atoms with Crippen molar-refractivity contribution < 1.29 is 0 Å². The molecule has 3 fully saturated rings. The highest BCUT2D eigenvalue weighted by atomic mass is 15.1. The second-order valence-corrected chi connectivity index (χ2v) is 7.42. The summed E-state index contributed by atoms with van der Waals surface area (Å²) in [6, 6.07) is 11.4. The van der Waals surface area contributed by atoms with Crippen LogP contribution in [0.2, 0.25) is 0 Å². The predicted octanol–water partition coefficient (Wildman–Crippen LogP) is 4.23. The lowest BCUT2D eigenvalue weighted by Gasteiger charge is -2.51. The first kappa shape index (κ1) is 12.9. The number of nitrogens with zero attached hydrogens (tertiary/aromatic N) is 1. The van der Waals surface area contributed by atoms with Crippen molar-refractivity contribution in [1.82, 2.24) is 4.90 Å². The number of hydrogen-bond donors (Lipinski definition) is 0. The molecule has 0 aromatic heterocycles. The van der Waals surface area contributed by atoms with E-state index in [1.54, 1.807) is 5.56 Å². The smallest absolute Gasteiger partial charge is 0.00183 e. The largest absolute Gasteiger partial charge is 0.303 e. The number of hydrogen-bond acceptors (Lipinski definition) is 1. The van der Waals surface area contributed by atoms with E-state index in [9.17, 15) is 0 Å². The average molecular weight is 269 g/mol. The summed E-state index contributed by atoms with van der Waals surface area (Å²) < 4.78 is 0. The molecule has 0 unspecified atom stereocenters. The van der Waals surface area contributed by atoms with E-state index in [1.807, 2.05) is 0 Å². The van der Waals surface area contributed by atoms with Gasteiger partial charge in [-0.15, -0.1) is 0 Å². The summed E-state index contributed by atoms with van der Waals surface area (Å²) in [5.41, 5.74) is 2.15. The molecule has 1 nitrogen and oxygen atoms in total. The van der Waals surface area contributed by atoms with Gasteiger partial charge < -0.3 is 4.90 Å². The standard InChI is InChI=1S/C19H27N/c1-2-6-17(7-3-1)19-11-5-4-8-18(19)15-20(13-12-19)14-16-9-10-16/h1-3,6-7,16,18H,4-5,8-15H2/t18-,19-/m0/s1. The maximum atomic E-state index is 2.79. The van der Waals surface area contributed by atoms with E-state index >= 15 is 0 Å². The van der Waals surface area contributed by atoms with Gasteiger partial charge in [0.25, 0.3) is 0 Å². The molecule has 1 saturated heterocycles. The summed E-state index contributed by atoms with van der Waals surface area (Å²) >= 11 is 0. The summed E-state index contributed by atoms with van der Waals surface area (Å²) in [6.45, 7) is 4.09. The van der Waals surface area contributed by atoms with Crippen LogP contribution in [0.4, 0.5) is 0 Å². The topological polar surface area (TPSA) is 3.24 Å². The van der Waals surface area contributed by atoms with Crippen LogP contribution >= 0.6 is 0 Å². The van der Waals surface area contributed by atoms with Crippen LogP contribution in [0.25, 0.3) is 0 Å². The molecule has 0 N–H and O–H groups in total. The Labute approximate surface area is 123 Å². The summed E-state index contributed by atoms with van der Waals surface area (Å²) in [5.74, 6) is 1.95. The Kier molecular flexibility index (Phi) is 3.34. The molecule has 3 aliphatic rings. The zero-order valence-electron chi connectivity index (χ0n) is 12.6. The van der Waals surface area contributed by atoms with Crippen molar-refractivity contribution in [1.29, 1.82) is 0 Å². The molecule has 20 heavy (non-hydrogen) atoms. The van der Waals surface area contributed by atoms with Crippen LogP contribution in [0.15, 0.2) is 30.3 Å². The first-order valence-corrected chi connectivity index (χ1v) is 8.65. The van der Waals surface area contributed by atoms with Gasteiger partial charge in [0, 0.05) is 18.5 Å². The predicted molar refractivity (Wildman–Crippen MR) is 83.9 cm³/mol. The Morgan fingerprint density at radius 3 is 2.65 bits per heavy atom. The van der Waals surface area contributed by atoms with E-state index < -0.39 is 0 Å². The van der Waals surface area contributed by atoms with Crippen LogP contribution in [0.5, 0.6) is 0 Å². The van der Waals surface area contributed by atoms with Crippen molar-refractivity contribution in [3.8, 4) is 0 Å². The van der Waals surface area contributed by atoms with Gasteiger partial charge in [-0.1, -0.05) is 43.2 Å². The lowest BCUT2D eigenvalue weighted by molar-refractivity contribution is 0.0538. The number of rotatable bonds is 3. The first-order chi connectivity index (χ1) is 9.87. The molecule has 4 rings (SSSR count). The average Bonchev–Trinajstić information content (AvgIpc) is 3.32. The van der Waals surface area contributed by atoms with Gasteiger partial charge in [0.05, 0.1) is 0 Å². The third-order valence-electron chi connectivity index (χ3n) is 6.12. The van der Waals surface area contributed by atoms with Crippen molar-refractivity contribution in [2.24, 2.45) is 11.8 Å². The van der Waals surface area contributed by atoms with Gasteiger partial charge in [0.15, 0.2) is 0 Å². The van der Waals surface area contributed by atoms with E-state index in [1.165, 1.54) is 64.6 Å². The van der Waals surface area contributed by atoms with Gasteiger partial charge >= 0.3 is 0 Å². The molecule has 2 saturated carbocycles. The highest BCUT2D eigenvalue weighted by molar-refractivity contribution is 5.28. The monoisotopic (exact) mass is 269 g/mol. The molecule has 1 heteroatoms. The zero-order chi connectivity index (χ0) is 13.4. The Bertz CT molecular complexity index is 450. The van der Waals surface area contributed by atoms with E-state index in [0.29, 0.717) is 5.41 Å². The molecule has 1 aromatic carbocycles. The molecular weight excluding hydrogens is 242 g/mol. The number of piperidine rings is 1. The van der Waals surface area contributed by atoms with Crippen molar-refractivity contribution in [2.75, 3.05) is 19.6 Å².